The molecule has 16 heterocycles. The number of carbonyl (C=O) groups is 4. The number of hydrogen-bond donors (Lipinski definition) is 4. The van der Waals surface area contributed by atoms with Gasteiger partial charge < -0.3 is 77.1 Å². The summed E-state index contributed by atoms with van der Waals surface area (Å²) in [5.41, 5.74) is -5.77. The Hall–Kier alpha value is -11.7. The van der Waals surface area contributed by atoms with Crippen LogP contribution in [0.2, 0.25) is 20.1 Å². The van der Waals surface area contributed by atoms with E-state index in [0.29, 0.717) is 156 Å². The van der Waals surface area contributed by atoms with E-state index >= 15 is 0 Å². The summed E-state index contributed by atoms with van der Waals surface area (Å²) in [5.74, 6) is 1.29. The summed E-state index contributed by atoms with van der Waals surface area (Å²) in [7, 11) is 0. The van der Waals surface area contributed by atoms with E-state index < -0.39 is 69.2 Å². The second kappa shape index (κ2) is 46.0. The zero-order valence-electron chi connectivity index (χ0n) is 71.7. The van der Waals surface area contributed by atoms with Crippen molar-refractivity contribution >= 4 is 93.8 Å². The van der Waals surface area contributed by atoms with Gasteiger partial charge in [-0.05, 0) is 51.4 Å². The van der Waals surface area contributed by atoms with E-state index in [1.165, 1.54) is 24.8 Å². The number of anilines is 4. The van der Waals surface area contributed by atoms with E-state index in [0.717, 1.165) is 49.6 Å². The van der Waals surface area contributed by atoms with E-state index in [4.69, 9.17) is 84.3 Å². The van der Waals surface area contributed by atoms with Crippen molar-refractivity contribution < 1.29 is 110 Å². The Kier molecular flexibility index (Phi) is 34.4. The number of alkyl halides is 12. The number of hydrogen-bond acceptors (Lipinski definition) is 32. The number of carbonyl (C=O) groups excluding carboxylic acids is 4. The number of rotatable bonds is 24. The molecule has 8 aromatic rings. The molecule has 8 atom stereocenters. The van der Waals surface area contributed by atoms with Gasteiger partial charge in [0.05, 0.1) is 122 Å². The van der Waals surface area contributed by atoms with E-state index in [2.05, 4.69) is 80.7 Å². The quantitative estimate of drug-likeness (QED) is 0.0423. The number of aromatic nitrogens is 16. The van der Waals surface area contributed by atoms with E-state index in [-0.39, 0.29) is 191 Å². The van der Waals surface area contributed by atoms with E-state index in [9.17, 15) is 91.0 Å². The van der Waals surface area contributed by atoms with Gasteiger partial charge in [0, 0.05) is 154 Å². The number of halogens is 16. The van der Waals surface area contributed by atoms with Crippen molar-refractivity contribution in [2.75, 3.05) is 151 Å². The number of ether oxygens (including phenoxy) is 8. The minimum atomic E-state index is -4.48. The first-order chi connectivity index (χ1) is 64.8. The Morgan fingerprint density at radius 1 is 0.287 bits per heavy atom. The molecule has 136 heavy (non-hydrogen) atoms. The number of amides is 4. The van der Waals surface area contributed by atoms with Gasteiger partial charge in [0.15, 0.2) is 43.1 Å². The summed E-state index contributed by atoms with van der Waals surface area (Å²) in [4.78, 5) is 141. The normalized spacial score (nSPS) is 21.1. The average molecular weight is 2010 g/mol. The van der Waals surface area contributed by atoms with Crippen LogP contribution in [0.3, 0.4) is 0 Å². The first kappa shape index (κ1) is 102. The highest BCUT2D eigenvalue weighted by atomic mass is 35.5. The van der Waals surface area contributed by atoms with Gasteiger partial charge in [0.25, 0.3) is 22.2 Å². The molecule has 0 aliphatic carbocycles. The summed E-state index contributed by atoms with van der Waals surface area (Å²) in [6, 6.07) is 0. The van der Waals surface area contributed by atoms with Crippen LogP contribution in [0.25, 0.3) is 0 Å². The molecule has 40 nitrogen and oxygen atoms in total. The third-order valence-corrected chi connectivity index (χ3v) is 24.1. The summed E-state index contributed by atoms with van der Waals surface area (Å²) < 4.78 is 198. The first-order valence-corrected chi connectivity index (χ1v) is 44.1. The number of piperazine rings is 4. The smallest absolute Gasteiger partial charge is 0.419 e. The molecule has 8 aromatic heterocycles. The van der Waals surface area contributed by atoms with Gasteiger partial charge in [-0.1, -0.05) is 46.4 Å². The number of aromatic amines is 4. The predicted octanol–water partition coefficient (Wildman–Crippen LogP) is 7.59. The molecule has 8 aliphatic heterocycles. The van der Waals surface area contributed by atoms with Crippen molar-refractivity contribution in [1.29, 1.82) is 0 Å². The SMILES string of the molecule is O=C(C[C@@H]1CC[C@@H](COc2cn[nH]c(=O)c2Cl)O1)N1CCN(c2ncc(C(F)(F)F)cn2)CC1.O=C(C[C@@H]1CC[C@H](COc2cn[nH]c(=O)c2Cl)O1)N1CCN(c2ncc(C(F)(F)F)cn2)CC1.O=C(C[C@H]1CC[C@@H](COc2cn[nH]c(=O)c2Cl)O1)N1CCN(c2ncc(C(F)(F)F)cn2)CC1.O=C(C[C@H]1CC[C@H](COc2cn[nH]c(=O)c2Cl)O1)N1CCN(c2ncc(C(F)(F)F)cn2)CC1. The fourth-order valence-electron chi connectivity index (χ4n) is 15.3. The van der Waals surface area contributed by atoms with Crippen LogP contribution >= 0.6 is 46.4 Å². The van der Waals surface area contributed by atoms with Gasteiger partial charge in [-0.15, -0.1) is 0 Å². The van der Waals surface area contributed by atoms with Crippen molar-refractivity contribution in [1.82, 2.24) is 100 Å². The largest absolute Gasteiger partial charge is 0.487 e. The van der Waals surface area contributed by atoms with Crippen LogP contribution in [0.1, 0.15) is 99.3 Å². The highest BCUT2D eigenvalue weighted by Gasteiger charge is 2.40. The molecule has 0 bridgehead atoms. The van der Waals surface area contributed by atoms with Crippen molar-refractivity contribution in [2.24, 2.45) is 0 Å². The van der Waals surface area contributed by atoms with Gasteiger partial charge in [0.2, 0.25) is 47.4 Å². The van der Waals surface area contributed by atoms with Crippen molar-refractivity contribution in [3.63, 3.8) is 0 Å². The lowest BCUT2D eigenvalue weighted by Crippen LogP contribution is -2.49. The second-order valence-corrected chi connectivity index (χ2v) is 33.5. The van der Waals surface area contributed by atoms with Gasteiger partial charge in [-0.2, -0.15) is 73.1 Å². The molecule has 0 unspecified atom stereocenters. The lowest BCUT2D eigenvalue weighted by molar-refractivity contribution is -0.138. The number of nitrogens with zero attached hydrogens (tertiary/aromatic N) is 20. The molecule has 0 aromatic carbocycles. The molecule has 8 saturated heterocycles. The molecule has 736 valence electrons. The van der Waals surface area contributed by atoms with Gasteiger partial charge in [0.1, 0.15) is 26.4 Å². The summed E-state index contributed by atoms with van der Waals surface area (Å²) in [6.45, 7) is 7.40. The third kappa shape index (κ3) is 28.3. The molecule has 4 amide bonds. The molecule has 4 N–H and O–H groups in total. The highest BCUT2D eigenvalue weighted by molar-refractivity contribution is 6.32. The van der Waals surface area contributed by atoms with E-state index in [1.54, 1.807) is 39.2 Å². The van der Waals surface area contributed by atoms with Gasteiger partial charge in [-0.3, -0.25) is 38.4 Å². The summed E-state index contributed by atoms with van der Waals surface area (Å²) >= 11 is 23.5. The maximum absolute atomic E-state index is 12.7. The Morgan fingerprint density at radius 3 is 0.625 bits per heavy atom. The van der Waals surface area contributed by atoms with E-state index in [1.807, 2.05) is 0 Å². The highest BCUT2D eigenvalue weighted by Crippen LogP contribution is 2.36. The Morgan fingerprint density at radius 2 is 0.456 bits per heavy atom. The molecule has 8 aliphatic rings. The lowest BCUT2D eigenvalue weighted by Gasteiger charge is -2.35. The van der Waals surface area contributed by atoms with Crippen molar-refractivity contribution in [2.45, 2.75) is 151 Å². The second-order valence-electron chi connectivity index (χ2n) is 31.9. The van der Waals surface area contributed by atoms with Crippen LogP contribution in [0, 0.1) is 0 Å². The van der Waals surface area contributed by atoms with Crippen LogP contribution in [-0.2, 0) is 62.8 Å². The minimum absolute atomic E-state index is 0.0543. The number of nitrogens with one attached hydrogen (secondary N) is 4. The maximum Gasteiger partial charge on any atom is 0.419 e. The van der Waals surface area contributed by atoms with Gasteiger partial charge >= 0.3 is 24.7 Å². The first-order valence-electron chi connectivity index (χ1n) is 42.6. The summed E-state index contributed by atoms with van der Waals surface area (Å²) in [6.07, 6.45) is -2.03. The Balaban J connectivity index is 0.000000153. The molecular formula is C80H88Cl4F12N24O16. The minimum Gasteiger partial charge on any atom is -0.487 e. The van der Waals surface area contributed by atoms with Crippen LogP contribution in [0.4, 0.5) is 76.5 Å². The third-order valence-electron chi connectivity index (χ3n) is 22.7. The van der Waals surface area contributed by atoms with Crippen LogP contribution < -0.4 is 60.8 Å². The Labute approximate surface area is 782 Å². The maximum atomic E-state index is 12.7. The lowest BCUT2D eigenvalue weighted by atomic mass is 10.1. The van der Waals surface area contributed by atoms with Crippen LogP contribution in [-0.4, -0.2) is 304 Å². The topological polar surface area (TPSA) is 454 Å². The number of H-pyrrole nitrogens is 4. The predicted molar refractivity (Wildman–Crippen MR) is 455 cm³/mol. The Bertz CT molecular complexity index is 4910. The zero-order chi connectivity index (χ0) is 97.2. The molecule has 0 saturated carbocycles. The fraction of sp³-hybridized carbons (Fsp3) is 0.550. The summed E-state index contributed by atoms with van der Waals surface area (Å²) in [5, 5.41) is 23.1. The zero-order valence-corrected chi connectivity index (χ0v) is 74.7. The standard InChI is InChI=1S/4C20H22ClF3N6O4/c4*21-17-15(10-27-28-18(17)32)33-11-14-2-1-13(34-14)7-16(31)29-3-5-30(6-4-29)19-25-8-12(9-26-19)20(22,23)24/h4*8-10,13-14H,1-7,11H2,(H,28,32)/t2*13-,14+;2*13-,14-/m1010/s1. The molecule has 0 spiro atoms. The molecular weight excluding hydrogens is 1920 g/mol. The monoisotopic (exact) mass is 2010 g/mol. The molecule has 56 heteroatoms. The van der Waals surface area contributed by atoms with Crippen molar-refractivity contribution in [3.8, 4) is 23.0 Å². The van der Waals surface area contributed by atoms with Crippen molar-refractivity contribution in [3.05, 3.63) is 158 Å². The van der Waals surface area contributed by atoms with Gasteiger partial charge in [-0.25, -0.2) is 60.3 Å². The molecule has 8 fully saturated rings. The average Bonchev–Trinajstić information content (AvgIpc) is 1.16. The van der Waals surface area contributed by atoms with Crippen LogP contribution in [0.5, 0.6) is 23.0 Å². The molecule has 16 rings (SSSR count). The fourth-order valence-corrected chi connectivity index (χ4v) is 15.8. The van der Waals surface area contributed by atoms with Crippen LogP contribution in [0.15, 0.2) is 93.5 Å². The molecule has 0 radical (unpaired) electrons.